The Morgan fingerprint density at radius 1 is 0.829 bits per heavy atom. The summed E-state index contributed by atoms with van der Waals surface area (Å²) in [5, 5.41) is 9.12. The van der Waals surface area contributed by atoms with E-state index in [1.807, 2.05) is 32.0 Å². The van der Waals surface area contributed by atoms with Crippen LogP contribution in [0.1, 0.15) is 16.7 Å². The number of ether oxygens (including phenoxy) is 2. The van der Waals surface area contributed by atoms with Crippen LogP contribution >= 0.6 is 0 Å². The first-order chi connectivity index (χ1) is 16.9. The van der Waals surface area contributed by atoms with Crippen LogP contribution in [0.5, 0.6) is 11.5 Å². The van der Waals surface area contributed by atoms with Crippen LogP contribution in [0.25, 0.3) is 0 Å². The van der Waals surface area contributed by atoms with Gasteiger partial charge in [-0.05, 0) is 55.3 Å². The van der Waals surface area contributed by atoms with Gasteiger partial charge in [-0.1, -0.05) is 36.4 Å². The van der Waals surface area contributed by atoms with Gasteiger partial charge in [-0.25, -0.2) is 5.43 Å². The molecule has 0 aromatic heterocycles. The minimum absolute atomic E-state index is 0.216. The van der Waals surface area contributed by atoms with Gasteiger partial charge in [0, 0.05) is 11.3 Å². The van der Waals surface area contributed by atoms with Gasteiger partial charge in [0.25, 0.3) is 5.91 Å². The Hall–Kier alpha value is -4.66. The second-order valence-corrected chi connectivity index (χ2v) is 7.48. The maximum absolute atomic E-state index is 12.4. The maximum atomic E-state index is 12.4. The highest BCUT2D eigenvalue weighted by Gasteiger charge is 2.15. The van der Waals surface area contributed by atoms with Gasteiger partial charge in [-0.15, -0.1) is 0 Å². The van der Waals surface area contributed by atoms with E-state index in [-0.39, 0.29) is 12.5 Å². The number of carbonyl (C=O) groups excluding carboxylic acids is 3. The van der Waals surface area contributed by atoms with Gasteiger partial charge in [0.1, 0.15) is 11.5 Å². The smallest absolute Gasteiger partial charge is 0.329 e. The average Bonchev–Trinajstić information content (AvgIpc) is 2.86. The first kappa shape index (κ1) is 25.0. The molecule has 0 saturated carbocycles. The SMILES string of the molecule is COc1ccccc1NC(=O)C(=O)N/N=C\c1ccccc1OCC(=O)Nc1cccc(C)c1C. The number of carbonyl (C=O) groups is 3. The topological polar surface area (TPSA) is 118 Å². The van der Waals surface area contributed by atoms with Crippen LogP contribution in [0.4, 0.5) is 11.4 Å². The fourth-order valence-corrected chi connectivity index (χ4v) is 3.07. The largest absolute Gasteiger partial charge is 0.495 e. The summed E-state index contributed by atoms with van der Waals surface area (Å²) in [5.74, 6) is -1.37. The lowest BCUT2D eigenvalue weighted by Gasteiger charge is -2.12. The summed E-state index contributed by atoms with van der Waals surface area (Å²) >= 11 is 0. The predicted octanol–water partition coefficient (Wildman–Crippen LogP) is 3.42. The van der Waals surface area contributed by atoms with E-state index in [1.165, 1.54) is 13.3 Å². The molecule has 0 fully saturated rings. The molecular formula is C26H26N4O5. The molecule has 180 valence electrons. The summed E-state index contributed by atoms with van der Waals surface area (Å²) in [6.07, 6.45) is 1.33. The van der Waals surface area contributed by atoms with Crippen molar-refractivity contribution < 1.29 is 23.9 Å². The van der Waals surface area contributed by atoms with Crippen LogP contribution in [0.15, 0.2) is 71.8 Å². The highest BCUT2D eigenvalue weighted by atomic mass is 16.5. The van der Waals surface area contributed by atoms with Crippen LogP contribution in [-0.2, 0) is 14.4 Å². The van der Waals surface area contributed by atoms with Crippen molar-refractivity contribution in [3.05, 3.63) is 83.4 Å². The summed E-state index contributed by atoms with van der Waals surface area (Å²) in [5.41, 5.74) is 5.82. The van der Waals surface area contributed by atoms with Crippen molar-refractivity contribution in [2.24, 2.45) is 5.10 Å². The molecule has 0 aliphatic carbocycles. The summed E-state index contributed by atoms with van der Waals surface area (Å²) in [7, 11) is 1.46. The molecule has 0 spiro atoms. The van der Waals surface area contributed by atoms with E-state index in [2.05, 4.69) is 21.2 Å². The number of aryl methyl sites for hydroxylation is 1. The molecule has 35 heavy (non-hydrogen) atoms. The quantitative estimate of drug-likeness (QED) is 0.263. The fraction of sp³-hybridized carbons (Fsp3) is 0.154. The first-order valence-corrected chi connectivity index (χ1v) is 10.7. The number of nitrogens with zero attached hydrogens (tertiary/aromatic N) is 1. The third kappa shape index (κ3) is 6.91. The molecule has 0 radical (unpaired) electrons. The number of hydrazone groups is 1. The van der Waals surface area contributed by atoms with Gasteiger partial charge >= 0.3 is 11.8 Å². The van der Waals surface area contributed by atoms with Crippen LogP contribution < -0.4 is 25.5 Å². The number of hydrogen-bond donors (Lipinski definition) is 3. The number of methoxy groups -OCH3 is 1. The zero-order chi connectivity index (χ0) is 25.2. The van der Waals surface area contributed by atoms with Crippen molar-refractivity contribution in [3.8, 4) is 11.5 Å². The number of anilines is 2. The molecule has 0 unspecified atom stereocenters. The standard InChI is InChI=1S/C26H26N4O5/c1-17-9-8-12-20(18(17)2)28-24(31)16-35-22-13-6-4-10-19(22)15-27-30-26(33)25(32)29-21-11-5-7-14-23(21)34-3/h4-15H,16H2,1-3H3,(H,28,31)(H,29,32)(H,30,33)/b27-15-. The Morgan fingerprint density at radius 2 is 1.51 bits per heavy atom. The molecule has 0 bridgehead atoms. The summed E-state index contributed by atoms with van der Waals surface area (Å²) < 4.78 is 10.8. The average molecular weight is 475 g/mol. The Bertz CT molecular complexity index is 1260. The Kier molecular flexibility index (Phi) is 8.55. The molecule has 3 N–H and O–H groups in total. The normalized spacial score (nSPS) is 10.5. The lowest BCUT2D eigenvalue weighted by atomic mass is 10.1. The van der Waals surface area contributed by atoms with E-state index < -0.39 is 11.8 Å². The van der Waals surface area contributed by atoms with Gasteiger partial charge in [0.2, 0.25) is 0 Å². The zero-order valence-electron chi connectivity index (χ0n) is 19.6. The van der Waals surface area contributed by atoms with Gasteiger partial charge in [0.15, 0.2) is 6.61 Å². The van der Waals surface area contributed by atoms with Crippen molar-refractivity contribution in [1.82, 2.24) is 5.43 Å². The number of para-hydroxylation sites is 3. The van der Waals surface area contributed by atoms with Gasteiger partial charge in [-0.3, -0.25) is 14.4 Å². The van der Waals surface area contributed by atoms with Crippen LogP contribution in [0.3, 0.4) is 0 Å². The summed E-state index contributed by atoms with van der Waals surface area (Å²) in [6, 6.07) is 19.2. The third-order valence-corrected chi connectivity index (χ3v) is 5.09. The number of nitrogens with one attached hydrogen (secondary N) is 3. The fourth-order valence-electron chi connectivity index (χ4n) is 3.07. The van der Waals surface area contributed by atoms with E-state index in [0.717, 1.165) is 16.8 Å². The van der Waals surface area contributed by atoms with E-state index in [0.29, 0.717) is 22.7 Å². The molecule has 0 aliphatic heterocycles. The second-order valence-electron chi connectivity index (χ2n) is 7.48. The number of hydrogen-bond acceptors (Lipinski definition) is 6. The van der Waals surface area contributed by atoms with E-state index >= 15 is 0 Å². The monoisotopic (exact) mass is 474 g/mol. The van der Waals surface area contributed by atoms with Crippen molar-refractivity contribution in [2.75, 3.05) is 24.4 Å². The molecule has 3 aromatic carbocycles. The molecule has 9 nitrogen and oxygen atoms in total. The minimum atomic E-state index is -0.960. The molecule has 0 heterocycles. The molecule has 3 aromatic rings. The first-order valence-electron chi connectivity index (χ1n) is 10.7. The van der Waals surface area contributed by atoms with Crippen LogP contribution in [0.2, 0.25) is 0 Å². The van der Waals surface area contributed by atoms with Crippen molar-refractivity contribution in [2.45, 2.75) is 13.8 Å². The molecule has 0 aliphatic rings. The molecule has 9 heteroatoms. The van der Waals surface area contributed by atoms with E-state index in [4.69, 9.17) is 9.47 Å². The second kappa shape index (κ2) is 12.0. The van der Waals surface area contributed by atoms with Crippen LogP contribution in [0, 0.1) is 13.8 Å². The van der Waals surface area contributed by atoms with E-state index in [1.54, 1.807) is 48.5 Å². The van der Waals surface area contributed by atoms with Crippen molar-refractivity contribution >= 4 is 35.3 Å². The number of rotatable bonds is 8. The lowest BCUT2D eigenvalue weighted by Crippen LogP contribution is -2.32. The van der Waals surface area contributed by atoms with Gasteiger partial charge in [0.05, 0.1) is 19.0 Å². The Morgan fingerprint density at radius 3 is 2.29 bits per heavy atom. The molecular weight excluding hydrogens is 448 g/mol. The highest BCUT2D eigenvalue weighted by molar-refractivity contribution is 6.39. The molecule has 3 rings (SSSR count). The molecule has 0 saturated heterocycles. The third-order valence-electron chi connectivity index (χ3n) is 5.09. The zero-order valence-corrected chi connectivity index (χ0v) is 19.6. The molecule has 0 atom stereocenters. The number of amides is 3. The van der Waals surface area contributed by atoms with Gasteiger partial charge in [-0.2, -0.15) is 5.10 Å². The summed E-state index contributed by atoms with van der Waals surface area (Å²) in [6.45, 7) is 3.69. The highest BCUT2D eigenvalue weighted by Crippen LogP contribution is 2.23. The number of benzene rings is 3. The molecule has 3 amide bonds. The van der Waals surface area contributed by atoms with Gasteiger partial charge < -0.3 is 20.1 Å². The van der Waals surface area contributed by atoms with Crippen LogP contribution in [-0.4, -0.2) is 37.7 Å². The minimum Gasteiger partial charge on any atom is -0.495 e. The van der Waals surface area contributed by atoms with Crippen molar-refractivity contribution in [1.29, 1.82) is 0 Å². The predicted molar refractivity (Wildman–Crippen MR) is 134 cm³/mol. The summed E-state index contributed by atoms with van der Waals surface area (Å²) in [4.78, 5) is 36.6. The lowest BCUT2D eigenvalue weighted by molar-refractivity contribution is -0.136. The Labute approximate surface area is 203 Å². The van der Waals surface area contributed by atoms with E-state index in [9.17, 15) is 14.4 Å². The van der Waals surface area contributed by atoms with Crippen molar-refractivity contribution in [3.63, 3.8) is 0 Å². The Balaban J connectivity index is 1.56. The maximum Gasteiger partial charge on any atom is 0.329 e.